The van der Waals surface area contributed by atoms with Crippen molar-refractivity contribution in [2.45, 2.75) is 0 Å². The smallest absolute Gasteiger partial charge is 0.0986 e. The van der Waals surface area contributed by atoms with Crippen LogP contribution in [0.15, 0.2) is 146 Å². The van der Waals surface area contributed by atoms with Gasteiger partial charge in [-0.1, -0.05) is 66.7 Å². The Kier molecular flexibility index (Phi) is 5.40. The minimum atomic E-state index is 0.931. The molecule has 0 bridgehead atoms. The maximum atomic E-state index is 5.13. The van der Waals surface area contributed by atoms with Crippen molar-refractivity contribution < 1.29 is 0 Å². The zero-order chi connectivity index (χ0) is 29.0. The van der Waals surface area contributed by atoms with Gasteiger partial charge in [0.2, 0.25) is 0 Å². The van der Waals surface area contributed by atoms with Crippen LogP contribution in [0.2, 0.25) is 0 Å². The van der Waals surface area contributed by atoms with Crippen LogP contribution in [0, 0.1) is 0 Å². The third-order valence-electron chi connectivity index (χ3n) is 8.30. The molecule has 0 aliphatic rings. The van der Waals surface area contributed by atoms with Gasteiger partial charge in [0.25, 0.3) is 0 Å². The Morgan fingerprint density at radius 1 is 0.409 bits per heavy atom. The molecule has 0 fully saturated rings. The summed E-state index contributed by atoms with van der Waals surface area (Å²) in [6, 6.07) is 41.9. The van der Waals surface area contributed by atoms with E-state index in [4.69, 9.17) is 9.97 Å². The molecule has 0 amide bonds. The molecule has 9 aromatic rings. The molecule has 0 spiro atoms. The average molecular weight is 565 g/mol. The monoisotopic (exact) mass is 564 g/mol. The summed E-state index contributed by atoms with van der Waals surface area (Å²) < 4.78 is 4.55. The van der Waals surface area contributed by atoms with Crippen LogP contribution in [0.25, 0.3) is 77.8 Å². The van der Waals surface area contributed by atoms with Crippen LogP contribution in [-0.4, -0.2) is 29.1 Å². The molecule has 0 atom stereocenters. The largest absolute Gasteiger partial charge is 0.307 e. The van der Waals surface area contributed by atoms with Gasteiger partial charge in [0.1, 0.15) is 0 Å². The number of nitrogens with zero attached hydrogens (tertiary/aromatic N) is 6. The van der Waals surface area contributed by atoms with Gasteiger partial charge in [-0.3, -0.25) is 9.97 Å². The lowest BCUT2D eigenvalue weighted by Gasteiger charge is -2.12. The Balaban J connectivity index is 1.25. The summed E-state index contributed by atoms with van der Waals surface area (Å²) in [6.07, 6.45) is 7.51. The van der Waals surface area contributed by atoms with Gasteiger partial charge in [0.15, 0.2) is 0 Å². The number of aromatic nitrogens is 6. The van der Waals surface area contributed by atoms with Gasteiger partial charge in [-0.2, -0.15) is 0 Å². The highest BCUT2D eigenvalue weighted by molar-refractivity contribution is 6.08. The molecule has 0 saturated heterocycles. The Morgan fingerprint density at radius 3 is 1.36 bits per heavy atom. The zero-order valence-electron chi connectivity index (χ0n) is 23.5. The van der Waals surface area contributed by atoms with Crippen molar-refractivity contribution >= 4 is 43.9 Å². The molecule has 9 rings (SSSR count). The Bertz CT molecular complexity index is 2320. The molecular weight excluding hydrogens is 540 g/mol. The lowest BCUT2D eigenvalue weighted by molar-refractivity contribution is 1.13. The maximum Gasteiger partial charge on any atom is 0.0986 e. The van der Waals surface area contributed by atoms with Gasteiger partial charge in [-0.05, 0) is 54.6 Å². The van der Waals surface area contributed by atoms with Gasteiger partial charge in [-0.25, -0.2) is 9.97 Å². The fourth-order valence-electron chi connectivity index (χ4n) is 6.32. The first kappa shape index (κ1) is 24.5. The molecule has 6 heteroatoms. The summed E-state index contributed by atoms with van der Waals surface area (Å²) in [5, 5.41) is 2.04. The first-order chi connectivity index (χ1) is 21.8. The summed E-state index contributed by atoms with van der Waals surface area (Å²) in [6.45, 7) is 0. The lowest BCUT2D eigenvalue weighted by atomic mass is 10.1. The van der Waals surface area contributed by atoms with Crippen molar-refractivity contribution in [3.63, 3.8) is 0 Å². The number of hydrogen-bond donors (Lipinski definition) is 0. The minimum absolute atomic E-state index is 0.931. The lowest BCUT2D eigenvalue weighted by Crippen LogP contribution is -1.99. The van der Waals surface area contributed by atoms with E-state index < -0.39 is 0 Å². The first-order valence-electron chi connectivity index (χ1n) is 14.6. The van der Waals surface area contributed by atoms with Crippen molar-refractivity contribution in [1.29, 1.82) is 0 Å². The number of fused-ring (bicyclic) bond motifs is 6. The molecule has 0 radical (unpaired) electrons. The number of benzene rings is 3. The molecule has 44 heavy (non-hydrogen) atoms. The van der Waals surface area contributed by atoms with E-state index in [0.29, 0.717) is 0 Å². The SMILES string of the molecule is c1ccc(-c2ccc3c(n2)c2cnccc2n3-c2cccc(-n3c4ccncc4c4nc(-c5ccccc5)ccc43)c2)cc1. The second-order valence-electron chi connectivity index (χ2n) is 10.8. The second-order valence-corrected chi connectivity index (χ2v) is 10.8. The predicted octanol–water partition coefficient (Wildman–Crippen LogP) is 8.79. The van der Waals surface area contributed by atoms with Crippen molar-refractivity contribution in [3.05, 3.63) is 146 Å². The molecular formula is C38H24N6. The van der Waals surface area contributed by atoms with E-state index in [1.165, 1.54) is 0 Å². The van der Waals surface area contributed by atoms with Crippen LogP contribution in [0.1, 0.15) is 0 Å². The summed E-state index contributed by atoms with van der Waals surface area (Å²) in [5.41, 5.74) is 12.2. The number of rotatable bonds is 4. The highest BCUT2D eigenvalue weighted by atomic mass is 15.0. The maximum absolute atomic E-state index is 5.13. The molecule has 206 valence electrons. The fraction of sp³-hybridized carbons (Fsp3) is 0. The average Bonchev–Trinajstić information content (AvgIpc) is 3.61. The van der Waals surface area contributed by atoms with Crippen LogP contribution >= 0.6 is 0 Å². The van der Waals surface area contributed by atoms with Crippen LogP contribution in [0.4, 0.5) is 0 Å². The van der Waals surface area contributed by atoms with E-state index in [1.54, 1.807) is 0 Å². The van der Waals surface area contributed by atoms with Crippen molar-refractivity contribution in [2.75, 3.05) is 0 Å². The second kappa shape index (κ2) is 9.71. The van der Waals surface area contributed by atoms with Crippen LogP contribution in [0.3, 0.4) is 0 Å². The van der Waals surface area contributed by atoms with Gasteiger partial charge in [-0.15, -0.1) is 0 Å². The number of pyridine rings is 4. The molecule has 0 saturated carbocycles. The van der Waals surface area contributed by atoms with Crippen LogP contribution < -0.4 is 0 Å². The summed E-state index contributed by atoms with van der Waals surface area (Å²) in [4.78, 5) is 19.2. The Morgan fingerprint density at radius 2 is 0.886 bits per heavy atom. The highest BCUT2D eigenvalue weighted by Gasteiger charge is 2.18. The first-order valence-corrected chi connectivity index (χ1v) is 14.6. The summed E-state index contributed by atoms with van der Waals surface area (Å²) in [5.74, 6) is 0. The van der Waals surface area contributed by atoms with Gasteiger partial charge in [0, 0.05) is 58.1 Å². The fourth-order valence-corrected chi connectivity index (χ4v) is 6.32. The molecule has 0 unspecified atom stereocenters. The van der Waals surface area contributed by atoms with Crippen molar-refractivity contribution in [1.82, 2.24) is 29.1 Å². The Hall–Kier alpha value is -6.14. The van der Waals surface area contributed by atoms with Gasteiger partial charge in [0.05, 0.1) is 44.5 Å². The molecule has 6 heterocycles. The summed E-state index contributed by atoms with van der Waals surface area (Å²) in [7, 11) is 0. The Labute approximate surface area is 252 Å². The zero-order valence-corrected chi connectivity index (χ0v) is 23.5. The molecule has 6 aromatic heterocycles. The van der Waals surface area contributed by atoms with E-state index in [-0.39, 0.29) is 0 Å². The van der Waals surface area contributed by atoms with E-state index in [0.717, 1.165) is 77.8 Å². The summed E-state index contributed by atoms with van der Waals surface area (Å²) >= 11 is 0. The molecule has 0 aliphatic carbocycles. The molecule has 0 N–H and O–H groups in total. The van der Waals surface area contributed by atoms with Crippen molar-refractivity contribution in [2.24, 2.45) is 0 Å². The predicted molar refractivity (Wildman–Crippen MR) is 177 cm³/mol. The van der Waals surface area contributed by atoms with E-state index in [9.17, 15) is 0 Å². The molecule has 3 aromatic carbocycles. The van der Waals surface area contributed by atoms with E-state index in [1.807, 2.05) is 61.2 Å². The highest BCUT2D eigenvalue weighted by Crippen LogP contribution is 2.35. The third kappa shape index (κ3) is 3.75. The van der Waals surface area contributed by atoms with Gasteiger partial charge < -0.3 is 9.13 Å². The van der Waals surface area contributed by atoms with E-state index in [2.05, 4.69) is 104 Å². The normalized spacial score (nSPS) is 11.6. The topological polar surface area (TPSA) is 61.4 Å². The molecule has 0 aliphatic heterocycles. The van der Waals surface area contributed by atoms with Crippen LogP contribution in [-0.2, 0) is 0 Å². The van der Waals surface area contributed by atoms with Crippen LogP contribution in [0.5, 0.6) is 0 Å². The van der Waals surface area contributed by atoms with E-state index >= 15 is 0 Å². The van der Waals surface area contributed by atoms with Crippen molar-refractivity contribution in [3.8, 4) is 33.9 Å². The standard InChI is InChI=1S/C38H24N6/c1-3-8-25(9-4-1)31-14-16-35-37(41-31)29-23-39-20-18-33(29)43(35)27-12-7-13-28(22-27)44-34-19-21-40-24-30(34)38-36(44)17-15-32(42-38)26-10-5-2-6-11-26/h1-24H. The third-order valence-corrected chi connectivity index (χ3v) is 8.30. The minimum Gasteiger partial charge on any atom is -0.307 e. The quantitative estimate of drug-likeness (QED) is 0.214. The molecule has 6 nitrogen and oxygen atoms in total. The number of hydrogen-bond acceptors (Lipinski definition) is 4. The van der Waals surface area contributed by atoms with Gasteiger partial charge >= 0.3 is 0 Å².